The number of hydrogen-bond donors (Lipinski definition) is 1. The number of halogens is 1. The molecule has 0 aromatic heterocycles. The lowest BCUT2D eigenvalue weighted by molar-refractivity contribution is -0.122. The maximum atomic E-state index is 13.1. The third-order valence-electron chi connectivity index (χ3n) is 5.32. The van der Waals surface area contributed by atoms with Crippen molar-refractivity contribution < 1.29 is 14.0 Å². The van der Waals surface area contributed by atoms with Crippen molar-refractivity contribution in [2.24, 2.45) is 11.3 Å². The first-order valence-electron chi connectivity index (χ1n) is 9.35. The minimum atomic E-state index is -0.332. The Labute approximate surface area is 154 Å². The Morgan fingerprint density at radius 2 is 1.92 bits per heavy atom. The molecule has 1 aliphatic carbocycles. The quantitative estimate of drug-likeness (QED) is 0.894. The van der Waals surface area contributed by atoms with Gasteiger partial charge in [0.05, 0.1) is 0 Å². The monoisotopic (exact) mass is 361 g/mol. The molecule has 0 spiro atoms. The minimum Gasteiger partial charge on any atom is -0.352 e. The van der Waals surface area contributed by atoms with E-state index in [1.165, 1.54) is 18.6 Å². The Hall–Kier alpha value is -2.11. The molecule has 26 heavy (non-hydrogen) atoms. The van der Waals surface area contributed by atoms with Gasteiger partial charge in [0, 0.05) is 24.8 Å². The van der Waals surface area contributed by atoms with Gasteiger partial charge in [0.25, 0.3) is 0 Å². The predicted molar refractivity (Wildman–Crippen MR) is 99.4 cm³/mol. The molecule has 1 aliphatic heterocycles. The van der Waals surface area contributed by atoms with Gasteiger partial charge in [-0.1, -0.05) is 20.8 Å². The van der Waals surface area contributed by atoms with Gasteiger partial charge in [0.1, 0.15) is 12.4 Å². The summed E-state index contributed by atoms with van der Waals surface area (Å²) in [6.07, 6.45) is 3.14. The van der Waals surface area contributed by atoms with Gasteiger partial charge >= 0.3 is 6.03 Å². The highest BCUT2D eigenvalue weighted by atomic mass is 19.1. The third kappa shape index (κ3) is 4.34. The van der Waals surface area contributed by atoms with Gasteiger partial charge in [0.15, 0.2) is 0 Å². The summed E-state index contributed by atoms with van der Waals surface area (Å²) in [4.78, 5) is 28.1. The third-order valence-corrected chi connectivity index (χ3v) is 5.32. The number of benzene rings is 1. The molecule has 3 amide bonds. The van der Waals surface area contributed by atoms with E-state index < -0.39 is 0 Å². The Bertz CT molecular complexity index is 674. The lowest BCUT2D eigenvalue weighted by Crippen LogP contribution is -2.47. The molecule has 1 aromatic carbocycles. The van der Waals surface area contributed by atoms with Crippen LogP contribution in [-0.2, 0) is 4.79 Å². The molecule has 2 aliphatic rings. The van der Waals surface area contributed by atoms with E-state index in [1.54, 1.807) is 21.9 Å². The standard InChI is InChI=1S/C20H28FN3O2/c1-14-10-16(12-20(2,3)11-14)22-18(25)13-23-8-9-24(19(23)26)17-6-4-15(21)5-7-17/h4-7,14,16H,8-13H2,1-3H3,(H,22,25). The molecule has 2 unspecified atom stereocenters. The van der Waals surface area contributed by atoms with E-state index >= 15 is 0 Å². The molecule has 0 radical (unpaired) electrons. The van der Waals surface area contributed by atoms with E-state index in [0.717, 1.165) is 12.8 Å². The van der Waals surface area contributed by atoms with Crippen molar-refractivity contribution in [2.45, 2.75) is 46.1 Å². The molecule has 1 heterocycles. The topological polar surface area (TPSA) is 52.7 Å². The van der Waals surface area contributed by atoms with Crippen molar-refractivity contribution in [1.82, 2.24) is 10.2 Å². The number of nitrogens with one attached hydrogen (secondary N) is 1. The van der Waals surface area contributed by atoms with Crippen molar-refractivity contribution in [3.8, 4) is 0 Å². The normalized spacial score (nSPS) is 25.5. The van der Waals surface area contributed by atoms with Crippen molar-refractivity contribution in [3.05, 3.63) is 30.1 Å². The van der Waals surface area contributed by atoms with Crippen LogP contribution in [0.5, 0.6) is 0 Å². The van der Waals surface area contributed by atoms with Gasteiger partial charge in [0.2, 0.25) is 5.91 Å². The largest absolute Gasteiger partial charge is 0.352 e. The zero-order valence-electron chi connectivity index (χ0n) is 15.8. The molecular weight excluding hydrogens is 333 g/mol. The van der Waals surface area contributed by atoms with Gasteiger partial charge in [-0.05, 0) is 54.9 Å². The van der Waals surface area contributed by atoms with Crippen LogP contribution in [0.25, 0.3) is 0 Å². The number of rotatable bonds is 4. The Morgan fingerprint density at radius 3 is 2.58 bits per heavy atom. The second kappa shape index (κ2) is 7.25. The zero-order valence-corrected chi connectivity index (χ0v) is 15.8. The molecule has 1 aromatic rings. The molecule has 1 saturated carbocycles. The number of amides is 3. The van der Waals surface area contributed by atoms with E-state index in [2.05, 4.69) is 26.1 Å². The fourth-order valence-corrected chi connectivity index (χ4v) is 4.49. The maximum Gasteiger partial charge on any atom is 0.325 e. The molecule has 1 N–H and O–H groups in total. The Balaban J connectivity index is 1.55. The first-order chi connectivity index (χ1) is 12.2. The van der Waals surface area contributed by atoms with Gasteiger partial charge in [-0.25, -0.2) is 9.18 Å². The fourth-order valence-electron chi connectivity index (χ4n) is 4.49. The summed E-state index contributed by atoms with van der Waals surface area (Å²) in [6.45, 7) is 7.78. The van der Waals surface area contributed by atoms with Crippen molar-refractivity contribution in [1.29, 1.82) is 0 Å². The zero-order chi connectivity index (χ0) is 18.9. The summed E-state index contributed by atoms with van der Waals surface area (Å²) in [7, 11) is 0. The fraction of sp³-hybridized carbons (Fsp3) is 0.600. The number of urea groups is 1. The highest BCUT2D eigenvalue weighted by Crippen LogP contribution is 2.38. The van der Waals surface area contributed by atoms with Gasteiger partial charge < -0.3 is 10.2 Å². The Morgan fingerprint density at radius 1 is 1.23 bits per heavy atom. The molecule has 5 nitrogen and oxygen atoms in total. The maximum absolute atomic E-state index is 13.1. The number of carbonyl (C=O) groups is 2. The number of hydrogen-bond acceptors (Lipinski definition) is 2. The van der Waals surface area contributed by atoms with Crippen molar-refractivity contribution in [3.63, 3.8) is 0 Å². The summed E-state index contributed by atoms with van der Waals surface area (Å²) in [5.74, 6) is 0.155. The summed E-state index contributed by atoms with van der Waals surface area (Å²) in [5.41, 5.74) is 0.889. The average Bonchev–Trinajstić information content (AvgIpc) is 2.87. The van der Waals surface area contributed by atoms with Gasteiger partial charge in [-0.2, -0.15) is 0 Å². The Kier molecular flexibility index (Phi) is 5.21. The van der Waals surface area contributed by atoms with Crippen LogP contribution in [0.15, 0.2) is 24.3 Å². The van der Waals surface area contributed by atoms with Crippen LogP contribution in [0.4, 0.5) is 14.9 Å². The van der Waals surface area contributed by atoms with E-state index in [-0.39, 0.29) is 35.8 Å². The van der Waals surface area contributed by atoms with Crippen LogP contribution in [0, 0.1) is 17.2 Å². The highest BCUT2D eigenvalue weighted by Gasteiger charge is 2.34. The lowest BCUT2D eigenvalue weighted by atomic mass is 9.70. The van der Waals surface area contributed by atoms with Crippen molar-refractivity contribution in [2.75, 3.05) is 24.5 Å². The lowest BCUT2D eigenvalue weighted by Gasteiger charge is -2.39. The average molecular weight is 361 g/mol. The van der Waals surface area contributed by atoms with E-state index in [9.17, 15) is 14.0 Å². The van der Waals surface area contributed by atoms with Crippen LogP contribution in [0.3, 0.4) is 0 Å². The summed E-state index contributed by atoms with van der Waals surface area (Å²) in [6, 6.07) is 5.81. The van der Waals surface area contributed by atoms with E-state index in [1.807, 2.05) is 0 Å². The van der Waals surface area contributed by atoms with Gasteiger partial charge in [-0.3, -0.25) is 9.69 Å². The van der Waals surface area contributed by atoms with E-state index in [0.29, 0.717) is 24.7 Å². The highest BCUT2D eigenvalue weighted by molar-refractivity contribution is 5.96. The summed E-state index contributed by atoms with van der Waals surface area (Å²) in [5, 5.41) is 3.11. The second-order valence-corrected chi connectivity index (χ2v) is 8.51. The molecule has 2 atom stereocenters. The summed E-state index contributed by atoms with van der Waals surface area (Å²) >= 11 is 0. The van der Waals surface area contributed by atoms with Crippen LogP contribution < -0.4 is 10.2 Å². The van der Waals surface area contributed by atoms with Crippen molar-refractivity contribution >= 4 is 17.6 Å². The van der Waals surface area contributed by atoms with Crippen LogP contribution in [-0.4, -0.2) is 42.5 Å². The molecule has 1 saturated heterocycles. The smallest absolute Gasteiger partial charge is 0.325 e. The van der Waals surface area contributed by atoms with Crippen LogP contribution in [0.1, 0.15) is 40.0 Å². The molecule has 6 heteroatoms. The SMILES string of the molecule is CC1CC(NC(=O)CN2CCN(c3ccc(F)cc3)C2=O)CC(C)(C)C1. The molecule has 2 fully saturated rings. The number of nitrogens with zero attached hydrogens (tertiary/aromatic N) is 2. The summed E-state index contributed by atoms with van der Waals surface area (Å²) < 4.78 is 13.1. The van der Waals surface area contributed by atoms with Gasteiger partial charge in [-0.15, -0.1) is 0 Å². The first-order valence-corrected chi connectivity index (χ1v) is 9.35. The van der Waals surface area contributed by atoms with Crippen LogP contribution in [0.2, 0.25) is 0 Å². The van der Waals surface area contributed by atoms with E-state index in [4.69, 9.17) is 0 Å². The number of anilines is 1. The number of carbonyl (C=O) groups excluding carboxylic acids is 2. The molecule has 0 bridgehead atoms. The first kappa shape index (κ1) is 18.7. The molecule has 142 valence electrons. The second-order valence-electron chi connectivity index (χ2n) is 8.51. The molecular formula is C20H28FN3O2. The predicted octanol–water partition coefficient (Wildman–Crippen LogP) is 3.40. The van der Waals surface area contributed by atoms with Crippen LogP contribution >= 0.6 is 0 Å². The molecule has 3 rings (SSSR count). The minimum absolute atomic E-state index is 0.0713.